The van der Waals surface area contributed by atoms with Crippen molar-refractivity contribution in [3.05, 3.63) is 35.9 Å². The fraction of sp³-hybridized carbons (Fsp3) is 0.692. The van der Waals surface area contributed by atoms with Crippen LogP contribution in [0.25, 0.3) is 0 Å². The summed E-state index contributed by atoms with van der Waals surface area (Å²) in [7, 11) is 0. The van der Waals surface area contributed by atoms with Gasteiger partial charge in [0.2, 0.25) is 0 Å². The Labute approximate surface area is 182 Å². The average Bonchev–Trinajstić information content (AvgIpc) is 2.72. The lowest BCUT2D eigenvalue weighted by atomic mass is 9.72. The first kappa shape index (κ1) is 24.4. The molecule has 2 rings (SSSR count). The van der Waals surface area contributed by atoms with Crippen molar-refractivity contribution in [2.24, 2.45) is 23.7 Å². The van der Waals surface area contributed by atoms with Crippen molar-refractivity contribution in [3.63, 3.8) is 0 Å². The van der Waals surface area contributed by atoms with E-state index in [9.17, 15) is 9.59 Å². The number of hydrogen-bond acceptors (Lipinski definition) is 4. The summed E-state index contributed by atoms with van der Waals surface area (Å²) in [5.74, 6) is -0.416. The molecule has 0 spiro atoms. The number of rotatable bonds is 11. The van der Waals surface area contributed by atoms with Crippen LogP contribution in [-0.2, 0) is 19.1 Å². The predicted molar refractivity (Wildman–Crippen MR) is 120 cm³/mol. The van der Waals surface area contributed by atoms with Crippen LogP contribution in [0, 0.1) is 23.7 Å². The molecule has 1 aromatic carbocycles. The summed E-state index contributed by atoms with van der Waals surface area (Å²) in [6, 6.07) is 9.72. The lowest BCUT2D eigenvalue weighted by Gasteiger charge is -2.34. The van der Waals surface area contributed by atoms with Gasteiger partial charge in [-0.25, -0.2) is 0 Å². The largest absolute Gasteiger partial charge is 0.465 e. The molecule has 1 aliphatic rings. The Bertz CT molecular complexity index is 640. The summed E-state index contributed by atoms with van der Waals surface area (Å²) >= 11 is 0. The summed E-state index contributed by atoms with van der Waals surface area (Å²) in [4.78, 5) is 25.7. The zero-order valence-electron chi connectivity index (χ0n) is 19.3. The molecular weight excluding hydrogens is 376 g/mol. The van der Waals surface area contributed by atoms with Crippen LogP contribution < -0.4 is 0 Å². The maximum atomic E-state index is 13.0. The number of esters is 2. The van der Waals surface area contributed by atoms with E-state index in [1.165, 1.54) is 19.3 Å². The Balaban J connectivity index is 1.84. The van der Waals surface area contributed by atoms with E-state index in [1.807, 2.05) is 44.2 Å². The van der Waals surface area contributed by atoms with Crippen LogP contribution in [0.1, 0.15) is 90.7 Å². The molecule has 1 saturated carbocycles. The van der Waals surface area contributed by atoms with Gasteiger partial charge in [-0.15, -0.1) is 0 Å². The van der Waals surface area contributed by atoms with Crippen molar-refractivity contribution in [1.82, 2.24) is 0 Å². The van der Waals surface area contributed by atoms with Crippen LogP contribution in [0.5, 0.6) is 0 Å². The van der Waals surface area contributed by atoms with E-state index in [1.54, 1.807) is 0 Å². The van der Waals surface area contributed by atoms with Gasteiger partial charge in [0.05, 0.1) is 18.4 Å². The van der Waals surface area contributed by atoms with Crippen molar-refractivity contribution in [1.29, 1.82) is 0 Å². The van der Waals surface area contributed by atoms with Gasteiger partial charge in [0.15, 0.2) is 0 Å². The number of ether oxygens (including phenoxy) is 2. The average molecular weight is 417 g/mol. The highest BCUT2D eigenvalue weighted by molar-refractivity contribution is 5.82. The quantitative estimate of drug-likeness (QED) is 0.305. The zero-order valence-corrected chi connectivity index (χ0v) is 19.3. The fourth-order valence-corrected chi connectivity index (χ4v) is 4.41. The Morgan fingerprint density at radius 1 is 0.967 bits per heavy atom. The van der Waals surface area contributed by atoms with E-state index in [0.717, 1.165) is 37.2 Å². The third-order valence-electron chi connectivity index (χ3n) is 6.28. The lowest BCUT2D eigenvalue weighted by Crippen LogP contribution is -2.39. The molecule has 4 nitrogen and oxygen atoms in total. The monoisotopic (exact) mass is 416 g/mol. The minimum atomic E-state index is -0.413. The first-order chi connectivity index (χ1) is 14.4. The third kappa shape index (κ3) is 7.77. The first-order valence-electron chi connectivity index (χ1n) is 11.8. The summed E-state index contributed by atoms with van der Waals surface area (Å²) in [5.41, 5.74) is 0.964. The van der Waals surface area contributed by atoms with E-state index in [-0.39, 0.29) is 29.9 Å². The molecule has 0 radical (unpaired) electrons. The first-order valence-corrected chi connectivity index (χ1v) is 11.8. The molecule has 0 N–H and O–H groups in total. The van der Waals surface area contributed by atoms with Gasteiger partial charge in [-0.1, -0.05) is 83.2 Å². The van der Waals surface area contributed by atoms with Gasteiger partial charge in [0, 0.05) is 0 Å². The standard InChI is InChI=1S/C26H40O4/c1-19(2)13-8-5-6-11-18-29-25(27)23-17-12-14-20(3)24(23)26(28)30-21(4)22-15-9-7-10-16-22/h7,9-10,15-16,19-21,23-24H,5-6,8,11-14,17-18H2,1-4H3. The van der Waals surface area contributed by atoms with Gasteiger partial charge in [-0.3, -0.25) is 9.59 Å². The van der Waals surface area contributed by atoms with Crippen molar-refractivity contribution in [2.75, 3.05) is 6.61 Å². The second kappa shape index (κ2) is 12.8. The number of hydrogen-bond donors (Lipinski definition) is 0. The molecular formula is C26H40O4. The Morgan fingerprint density at radius 3 is 2.37 bits per heavy atom. The van der Waals surface area contributed by atoms with Gasteiger partial charge in [-0.2, -0.15) is 0 Å². The number of carbonyl (C=O) groups excluding carboxylic acids is 2. The van der Waals surface area contributed by atoms with Crippen LogP contribution >= 0.6 is 0 Å². The molecule has 1 aromatic rings. The number of benzene rings is 1. The molecule has 0 amide bonds. The molecule has 4 unspecified atom stereocenters. The number of unbranched alkanes of at least 4 members (excludes halogenated alkanes) is 3. The molecule has 0 heterocycles. The van der Waals surface area contributed by atoms with E-state index < -0.39 is 5.92 Å². The van der Waals surface area contributed by atoms with Crippen LogP contribution in [0.15, 0.2) is 30.3 Å². The molecule has 1 fully saturated rings. The second-order valence-electron chi connectivity index (χ2n) is 9.29. The van der Waals surface area contributed by atoms with E-state index in [4.69, 9.17) is 9.47 Å². The van der Waals surface area contributed by atoms with E-state index in [2.05, 4.69) is 13.8 Å². The maximum Gasteiger partial charge on any atom is 0.310 e. The highest BCUT2D eigenvalue weighted by Crippen LogP contribution is 2.37. The van der Waals surface area contributed by atoms with Crippen molar-refractivity contribution in [3.8, 4) is 0 Å². The minimum Gasteiger partial charge on any atom is -0.465 e. The number of carbonyl (C=O) groups is 2. The van der Waals surface area contributed by atoms with Crippen LogP contribution in [0.3, 0.4) is 0 Å². The minimum absolute atomic E-state index is 0.128. The van der Waals surface area contributed by atoms with Gasteiger partial charge in [0.1, 0.15) is 6.10 Å². The van der Waals surface area contributed by atoms with Crippen molar-refractivity contribution >= 4 is 11.9 Å². The second-order valence-corrected chi connectivity index (χ2v) is 9.29. The molecule has 4 heteroatoms. The fourth-order valence-electron chi connectivity index (χ4n) is 4.41. The predicted octanol–water partition coefficient (Wildman–Crippen LogP) is 6.49. The van der Waals surface area contributed by atoms with Crippen LogP contribution in [-0.4, -0.2) is 18.5 Å². The molecule has 168 valence electrons. The van der Waals surface area contributed by atoms with Crippen LogP contribution in [0.2, 0.25) is 0 Å². The molecule has 0 saturated heterocycles. The highest BCUT2D eigenvalue weighted by atomic mass is 16.5. The topological polar surface area (TPSA) is 52.6 Å². The van der Waals surface area contributed by atoms with Crippen molar-refractivity contribution in [2.45, 2.75) is 85.2 Å². The van der Waals surface area contributed by atoms with Gasteiger partial charge in [-0.05, 0) is 43.6 Å². The van der Waals surface area contributed by atoms with Gasteiger partial charge < -0.3 is 9.47 Å². The zero-order chi connectivity index (χ0) is 21.9. The molecule has 1 aliphatic carbocycles. The van der Waals surface area contributed by atoms with Gasteiger partial charge in [0.25, 0.3) is 0 Å². The smallest absolute Gasteiger partial charge is 0.310 e. The third-order valence-corrected chi connectivity index (χ3v) is 6.28. The molecule has 4 atom stereocenters. The molecule has 0 bridgehead atoms. The Morgan fingerprint density at radius 2 is 1.67 bits per heavy atom. The molecule has 0 aliphatic heterocycles. The molecule has 30 heavy (non-hydrogen) atoms. The SMILES string of the molecule is CC(C)CCCCCCOC(=O)C1CCCC(C)C1C(=O)OC(C)c1ccccc1. The van der Waals surface area contributed by atoms with Crippen molar-refractivity contribution < 1.29 is 19.1 Å². The molecule has 0 aromatic heterocycles. The Hall–Kier alpha value is -1.84. The maximum absolute atomic E-state index is 13.0. The van der Waals surface area contributed by atoms with Gasteiger partial charge >= 0.3 is 11.9 Å². The van der Waals surface area contributed by atoms with E-state index >= 15 is 0 Å². The lowest BCUT2D eigenvalue weighted by molar-refractivity contribution is -0.168. The highest BCUT2D eigenvalue weighted by Gasteiger charge is 2.42. The summed E-state index contributed by atoms with van der Waals surface area (Å²) in [5, 5.41) is 0. The summed E-state index contributed by atoms with van der Waals surface area (Å²) in [6.45, 7) is 8.87. The van der Waals surface area contributed by atoms with E-state index in [0.29, 0.717) is 13.0 Å². The van der Waals surface area contributed by atoms with Crippen LogP contribution in [0.4, 0.5) is 0 Å². The summed E-state index contributed by atoms with van der Waals surface area (Å²) < 4.78 is 11.4. The Kier molecular flexibility index (Phi) is 10.4. The summed E-state index contributed by atoms with van der Waals surface area (Å²) in [6.07, 6.45) is 7.93. The normalized spacial score (nSPS) is 22.5.